The van der Waals surface area contributed by atoms with Crippen molar-refractivity contribution in [1.29, 1.82) is 0 Å². The van der Waals surface area contributed by atoms with Crippen LogP contribution in [0.4, 0.5) is 5.82 Å². The second kappa shape index (κ2) is 7.19. The number of hydrogen-bond donors (Lipinski definition) is 1. The monoisotopic (exact) mass is 311 g/mol. The number of likely N-dealkylation sites (N-methyl/N-ethyl adjacent to an activating group) is 1. The van der Waals surface area contributed by atoms with Crippen molar-refractivity contribution in [2.75, 3.05) is 38.1 Å². The summed E-state index contributed by atoms with van der Waals surface area (Å²) in [6, 6.07) is 11.2. The minimum Gasteiger partial charge on any atom is -0.354 e. The fraction of sp³-hybridized carbons (Fsp3) is 0.353. The van der Waals surface area contributed by atoms with Crippen LogP contribution in [-0.2, 0) is 6.54 Å². The highest BCUT2D eigenvalue weighted by molar-refractivity contribution is 5.92. The number of aromatic nitrogens is 2. The van der Waals surface area contributed by atoms with E-state index in [-0.39, 0.29) is 5.91 Å². The third-order valence-electron chi connectivity index (χ3n) is 3.95. The molecule has 1 fully saturated rings. The Kier molecular flexibility index (Phi) is 4.83. The van der Waals surface area contributed by atoms with E-state index in [4.69, 9.17) is 0 Å². The zero-order chi connectivity index (χ0) is 16.1. The van der Waals surface area contributed by atoms with Crippen LogP contribution in [0.1, 0.15) is 16.2 Å². The Morgan fingerprint density at radius 2 is 1.96 bits per heavy atom. The Balaban J connectivity index is 1.63. The maximum absolute atomic E-state index is 12.3. The van der Waals surface area contributed by atoms with Gasteiger partial charge in [0.05, 0.1) is 12.2 Å². The zero-order valence-corrected chi connectivity index (χ0v) is 13.3. The molecule has 1 aliphatic rings. The second-order valence-corrected chi connectivity index (χ2v) is 5.68. The number of pyridine rings is 2. The molecule has 2 aromatic rings. The van der Waals surface area contributed by atoms with E-state index in [1.54, 1.807) is 12.3 Å². The maximum Gasteiger partial charge on any atom is 0.270 e. The van der Waals surface area contributed by atoms with Crippen LogP contribution in [0.15, 0.2) is 42.6 Å². The zero-order valence-electron chi connectivity index (χ0n) is 13.3. The Hall–Kier alpha value is -2.47. The third-order valence-corrected chi connectivity index (χ3v) is 3.95. The summed E-state index contributed by atoms with van der Waals surface area (Å²) < 4.78 is 0. The summed E-state index contributed by atoms with van der Waals surface area (Å²) in [5.74, 6) is 0.690. The summed E-state index contributed by atoms with van der Waals surface area (Å²) in [5, 5.41) is 2.86. The van der Waals surface area contributed by atoms with Crippen molar-refractivity contribution in [2.24, 2.45) is 0 Å². The van der Waals surface area contributed by atoms with Gasteiger partial charge in [0.1, 0.15) is 11.5 Å². The van der Waals surface area contributed by atoms with Crippen LogP contribution in [-0.4, -0.2) is 54.0 Å². The van der Waals surface area contributed by atoms with Gasteiger partial charge < -0.3 is 15.1 Å². The van der Waals surface area contributed by atoms with E-state index >= 15 is 0 Å². The van der Waals surface area contributed by atoms with Crippen molar-refractivity contribution in [1.82, 2.24) is 20.2 Å². The van der Waals surface area contributed by atoms with Gasteiger partial charge in [0, 0.05) is 32.4 Å². The van der Waals surface area contributed by atoms with E-state index in [1.165, 1.54) is 0 Å². The van der Waals surface area contributed by atoms with Gasteiger partial charge >= 0.3 is 0 Å². The van der Waals surface area contributed by atoms with Crippen molar-refractivity contribution in [3.05, 3.63) is 54.0 Å². The Morgan fingerprint density at radius 3 is 2.70 bits per heavy atom. The number of nitrogens with one attached hydrogen (secondary N) is 1. The van der Waals surface area contributed by atoms with Gasteiger partial charge in [-0.25, -0.2) is 4.98 Å². The fourth-order valence-electron chi connectivity index (χ4n) is 2.53. The van der Waals surface area contributed by atoms with Gasteiger partial charge in [0.25, 0.3) is 5.91 Å². The molecule has 0 aliphatic carbocycles. The van der Waals surface area contributed by atoms with E-state index in [0.29, 0.717) is 12.2 Å². The lowest BCUT2D eigenvalue weighted by Gasteiger charge is -2.33. The molecule has 1 amide bonds. The van der Waals surface area contributed by atoms with Gasteiger partial charge in [-0.05, 0) is 31.3 Å². The number of carbonyl (C=O) groups is 1. The minimum atomic E-state index is -0.174. The van der Waals surface area contributed by atoms with Gasteiger partial charge in [-0.3, -0.25) is 9.78 Å². The van der Waals surface area contributed by atoms with Crippen LogP contribution in [0, 0.1) is 0 Å². The van der Waals surface area contributed by atoms with Crippen molar-refractivity contribution >= 4 is 11.7 Å². The third kappa shape index (κ3) is 4.04. The van der Waals surface area contributed by atoms with Crippen LogP contribution >= 0.6 is 0 Å². The van der Waals surface area contributed by atoms with Crippen molar-refractivity contribution in [2.45, 2.75) is 6.54 Å². The highest BCUT2D eigenvalue weighted by atomic mass is 16.1. The van der Waals surface area contributed by atoms with E-state index in [9.17, 15) is 4.79 Å². The number of nitrogens with zero attached hydrogens (tertiary/aromatic N) is 4. The number of anilines is 1. The minimum absolute atomic E-state index is 0.174. The van der Waals surface area contributed by atoms with Gasteiger partial charge in [-0.15, -0.1) is 0 Å². The van der Waals surface area contributed by atoms with Gasteiger partial charge in [-0.1, -0.05) is 12.1 Å². The lowest BCUT2D eigenvalue weighted by atomic mass is 10.3. The lowest BCUT2D eigenvalue weighted by Crippen LogP contribution is -2.45. The second-order valence-electron chi connectivity index (χ2n) is 5.68. The molecule has 120 valence electrons. The molecule has 0 saturated carbocycles. The number of piperazine rings is 1. The summed E-state index contributed by atoms with van der Waals surface area (Å²) in [6.45, 7) is 4.29. The quantitative estimate of drug-likeness (QED) is 0.918. The highest BCUT2D eigenvalue weighted by Gasteiger charge is 2.16. The molecule has 6 nitrogen and oxygen atoms in total. The molecule has 1 N–H and O–H groups in total. The standard InChI is InChI=1S/C17H21N5O/c1-21-9-11-22(12-10-21)16-7-4-6-15(20-16)17(23)19-13-14-5-2-3-8-18-14/h2-8H,9-13H2,1H3,(H,19,23). The predicted octanol–water partition coefficient (Wildman–Crippen LogP) is 1.16. The van der Waals surface area contributed by atoms with E-state index in [0.717, 1.165) is 37.7 Å². The molecule has 0 spiro atoms. The first kappa shape index (κ1) is 15.4. The molecule has 0 aromatic carbocycles. The SMILES string of the molecule is CN1CCN(c2cccc(C(=O)NCc3ccccn3)n2)CC1. The van der Waals surface area contributed by atoms with E-state index in [2.05, 4.69) is 32.1 Å². The Labute approximate surface area is 136 Å². The first-order valence-corrected chi connectivity index (χ1v) is 7.81. The molecule has 0 unspecified atom stereocenters. The molecule has 2 aromatic heterocycles. The smallest absolute Gasteiger partial charge is 0.270 e. The first-order valence-electron chi connectivity index (χ1n) is 7.81. The first-order chi connectivity index (χ1) is 11.2. The summed E-state index contributed by atoms with van der Waals surface area (Å²) in [7, 11) is 2.12. The number of hydrogen-bond acceptors (Lipinski definition) is 5. The fourth-order valence-corrected chi connectivity index (χ4v) is 2.53. The summed E-state index contributed by atoms with van der Waals surface area (Å²) in [5.41, 5.74) is 1.27. The molecule has 0 bridgehead atoms. The molecule has 6 heteroatoms. The van der Waals surface area contributed by atoms with Gasteiger partial charge in [0.15, 0.2) is 0 Å². The molecule has 1 aliphatic heterocycles. The lowest BCUT2D eigenvalue weighted by molar-refractivity contribution is 0.0945. The van der Waals surface area contributed by atoms with Crippen LogP contribution in [0.5, 0.6) is 0 Å². The van der Waals surface area contributed by atoms with E-state index in [1.807, 2.05) is 30.3 Å². The molecule has 23 heavy (non-hydrogen) atoms. The van der Waals surface area contributed by atoms with Crippen LogP contribution in [0.3, 0.4) is 0 Å². The summed E-state index contributed by atoms with van der Waals surface area (Å²) in [6.07, 6.45) is 1.72. The molecule has 3 heterocycles. The van der Waals surface area contributed by atoms with Gasteiger partial charge in [0.2, 0.25) is 0 Å². The molecule has 0 radical (unpaired) electrons. The highest BCUT2D eigenvalue weighted by Crippen LogP contribution is 2.13. The Morgan fingerprint density at radius 1 is 1.13 bits per heavy atom. The maximum atomic E-state index is 12.3. The number of rotatable bonds is 4. The Bertz CT molecular complexity index is 653. The van der Waals surface area contributed by atoms with Crippen LogP contribution in [0.25, 0.3) is 0 Å². The normalized spacial score (nSPS) is 15.4. The summed E-state index contributed by atoms with van der Waals surface area (Å²) in [4.78, 5) is 25.5. The van der Waals surface area contributed by atoms with Crippen LogP contribution in [0.2, 0.25) is 0 Å². The largest absolute Gasteiger partial charge is 0.354 e. The molecule has 3 rings (SSSR count). The van der Waals surface area contributed by atoms with Crippen molar-refractivity contribution < 1.29 is 4.79 Å². The molecule has 0 atom stereocenters. The van der Waals surface area contributed by atoms with E-state index < -0.39 is 0 Å². The average Bonchev–Trinajstić information content (AvgIpc) is 2.61. The molecular formula is C17H21N5O. The number of amides is 1. The number of carbonyl (C=O) groups excluding carboxylic acids is 1. The van der Waals surface area contributed by atoms with Crippen molar-refractivity contribution in [3.63, 3.8) is 0 Å². The molecular weight excluding hydrogens is 290 g/mol. The van der Waals surface area contributed by atoms with Crippen molar-refractivity contribution in [3.8, 4) is 0 Å². The van der Waals surface area contributed by atoms with Crippen LogP contribution < -0.4 is 10.2 Å². The molecule has 1 saturated heterocycles. The average molecular weight is 311 g/mol. The predicted molar refractivity (Wildman–Crippen MR) is 89.4 cm³/mol. The topological polar surface area (TPSA) is 61.4 Å². The summed E-state index contributed by atoms with van der Waals surface area (Å²) >= 11 is 0. The van der Waals surface area contributed by atoms with Gasteiger partial charge in [-0.2, -0.15) is 0 Å².